The van der Waals surface area contributed by atoms with Crippen LogP contribution in [0, 0.1) is 6.92 Å². The summed E-state index contributed by atoms with van der Waals surface area (Å²) in [5.74, 6) is 0.544. The minimum Gasteiger partial charge on any atom is -0.491 e. The summed E-state index contributed by atoms with van der Waals surface area (Å²) in [6, 6.07) is 7.06. The third-order valence-corrected chi connectivity index (χ3v) is 4.13. The number of carbonyl (C=O) groups is 1. The number of aliphatic hydroxyl groups is 1. The van der Waals surface area contributed by atoms with E-state index in [1.807, 2.05) is 25.1 Å². The molecule has 0 radical (unpaired) electrons. The highest BCUT2D eigenvalue weighted by atomic mass is 32.1. The number of nitrogens with one attached hydrogen (secondary N) is 1. The molecule has 6 nitrogen and oxygen atoms in total. The molecule has 1 atom stereocenters. The fraction of sp³-hybridized carbons (Fsp3) is 0.412. The van der Waals surface area contributed by atoms with E-state index < -0.39 is 6.10 Å². The number of aryl methyl sites for hydroxylation is 1. The first kappa shape index (κ1) is 18.4. The number of aliphatic hydroxyl groups excluding tert-OH is 1. The lowest BCUT2D eigenvalue weighted by atomic mass is 10.3. The summed E-state index contributed by atoms with van der Waals surface area (Å²) in [6.07, 6.45) is 1.29. The number of likely N-dealkylation sites (N-methyl/N-ethyl adjacent to an activating group) is 1. The van der Waals surface area contributed by atoms with Crippen LogP contribution in [0.15, 0.2) is 30.5 Å². The van der Waals surface area contributed by atoms with Crippen LogP contribution in [0.25, 0.3) is 0 Å². The fourth-order valence-corrected chi connectivity index (χ4v) is 3.13. The molecule has 1 aromatic carbocycles. The molecule has 24 heavy (non-hydrogen) atoms. The van der Waals surface area contributed by atoms with Crippen LogP contribution in [-0.4, -0.2) is 47.2 Å². The second-order valence-electron chi connectivity index (χ2n) is 5.71. The van der Waals surface area contributed by atoms with Gasteiger partial charge in [-0.3, -0.25) is 9.69 Å². The fourth-order valence-electron chi connectivity index (χ4n) is 2.25. The number of nitrogens with zero attached hydrogens (tertiary/aromatic N) is 2. The van der Waals surface area contributed by atoms with E-state index >= 15 is 0 Å². The lowest BCUT2D eigenvalue weighted by molar-refractivity contribution is -0.114. The average Bonchev–Trinajstić information content (AvgIpc) is 2.91. The molecule has 0 aliphatic heterocycles. The van der Waals surface area contributed by atoms with Gasteiger partial charge in [0.1, 0.15) is 18.5 Å². The minimum absolute atomic E-state index is 0.113. The molecule has 0 aliphatic carbocycles. The van der Waals surface area contributed by atoms with Gasteiger partial charge in [0.2, 0.25) is 5.91 Å². The molecule has 0 unspecified atom stereocenters. The second-order valence-corrected chi connectivity index (χ2v) is 7.03. The Labute approximate surface area is 146 Å². The van der Waals surface area contributed by atoms with Crippen molar-refractivity contribution in [2.24, 2.45) is 0 Å². The number of amides is 1. The molecular weight excluding hydrogens is 326 g/mol. The van der Waals surface area contributed by atoms with E-state index in [-0.39, 0.29) is 12.5 Å². The van der Waals surface area contributed by atoms with E-state index in [1.54, 1.807) is 35.6 Å². The van der Waals surface area contributed by atoms with Crippen LogP contribution in [0.5, 0.6) is 5.75 Å². The van der Waals surface area contributed by atoms with Crippen molar-refractivity contribution in [1.29, 1.82) is 0 Å². The van der Waals surface area contributed by atoms with E-state index in [0.29, 0.717) is 12.3 Å². The van der Waals surface area contributed by atoms with Crippen molar-refractivity contribution in [1.82, 2.24) is 9.88 Å². The molecule has 0 bridgehead atoms. The maximum Gasteiger partial charge on any atom is 0.221 e. The Balaban J connectivity index is 1.73. The normalized spacial score (nSPS) is 12.2. The predicted molar refractivity (Wildman–Crippen MR) is 95.4 cm³/mol. The van der Waals surface area contributed by atoms with Crippen LogP contribution >= 0.6 is 11.3 Å². The van der Waals surface area contributed by atoms with Gasteiger partial charge in [0.15, 0.2) is 0 Å². The molecule has 1 aromatic heterocycles. The first-order chi connectivity index (χ1) is 11.4. The zero-order valence-corrected chi connectivity index (χ0v) is 15.0. The smallest absolute Gasteiger partial charge is 0.221 e. The molecule has 2 rings (SSSR count). The SMILES string of the molecule is CC(=O)Nc1ccc(OC[C@H](O)CN(C)Cc2cnc(C)s2)cc1. The van der Waals surface area contributed by atoms with Crippen LogP contribution in [0.4, 0.5) is 5.69 Å². The molecule has 2 N–H and O–H groups in total. The lowest BCUT2D eigenvalue weighted by Gasteiger charge is -2.20. The third kappa shape index (κ3) is 6.27. The Bertz CT molecular complexity index is 657. The first-order valence-corrected chi connectivity index (χ1v) is 8.52. The van der Waals surface area contributed by atoms with Gasteiger partial charge >= 0.3 is 0 Å². The lowest BCUT2D eigenvalue weighted by Crippen LogP contribution is -2.32. The molecule has 0 aliphatic rings. The molecule has 1 heterocycles. The molecule has 130 valence electrons. The summed E-state index contributed by atoms with van der Waals surface area (Å²) in [6.45, 7) is 4.93. The van der Waals surface area contributed by atoms with E-state index in [4.69, 9.17) is 4.74 Å². The van der Waals surface area contributed by atoms with Gasteiger partial charge in [-0.2, -0.15) is 0 Å². The highest BCUT2D eigenvalue weighted by Gasteiger charge is 2.11. The number of benzene rings is 1. The van der Waals surface area contributed by atoms with Gasteiger partial charge in [-0.25, -0.2) is 4.98 Å². The molecule has 7 heteroatoms. The van der Waals surface area contributed by atoms with Crippen LogP contribution in [0.2, 0.25) is 0 Å². The van der Waals surface area contributed by atoms with Crippen molar-refractivity contribution >= 4 is 22.9 Å². The Morgan fingerprint density at radius 1 is 1.42 bits per heavy atom. The second kappa shape index (κ2) is 8.77. The predicted octanol–water partition coefficient (Wildman–Crippen LogP) is 2.28. The number of anilines is 1. The zero-order valence-electron chi connectivity index (χ0n) is 14.2. The van der Waals surface area contributed by atoms with Crippen LogP contribution in [0.3, 0.4) is 0 Å². The highest BCUT2D eigenvalue weighted by Crippen LogP contribution is 2.16. The highest BCUT2D eigenvalue weighted by molar-refractivity contribution is 7.11. The number of thiazole rings is 1. The number of hydrogen-bond acceptors (Lipinski definition) is 6. The summed E-state index contributed by atoms with van der Waals surface area (Å²) in [7, 11) is 1.96. The molecule has 0 saturated heterocycles. The largest absolute Gasteiger partial charge is 0.491 e. The quantitative estimate of drug-likeness (QED) is 0.765. The number of rotatable bonds is 8. The standard InChI is InChI=1S/C17H23N3O3S/c1-12(21)19-14-4-6-16(7-5-14)23-11-15(22)9-20(3)10-17-8-18-13(2)24-17/h4-8,15,22H,9-11H2,1-3H3,(H,19,21)/t15-/m1/s1. The van der Waals surface area contributed by atoms with Crippen molar-refractivity contribution < 1.29 is 14.6 Å². The van der Waals surface area contributed by atoms with Crippen molar-refractivity contribution in [2.75, 3.05) is 25.5 Å². The van der Waals surface area contributed by atoms with E-state index in [2.05, 4.69) is 10.3 Å². The third-order valence-electron chi connectivity index (χ3n) is 3.23. The molecule has 0 spiro atoms. The minimum atomic E-state index is -0.584. The average molecular weight is 349 g/mol. The van der Waals surface area contributed by atoms with Crippen LogP contribution < -0.4 is 10.1 Å². The summed E-state index contributed by atoms with van der Waals surface area (Å²) in [5.41, 5.74) is 0.718. The summed E-state index contributed by atoms with van der Waals surface area (Å²) >= 11 is 1.66. The molecule has 2 aromatic rings. The Morgan fingerprint density at radius 3 is 2.71 bits per heavy atom. The van der Waals surface area contributed by atoms with Crippen molar-refractivity contribution in [3.63, 3.8) is 0 Å². The number of carbonyl (C=O) groups excluding carboxylic acids is 1. The maximum absolute atomic E-state index is 11.0. The summed E-state index contributed by atoms with van der Waals surface area (Å²) < 4.78 is 5.58. The number of ether oxygens (including phenoxy) is 1. The summed E-state index contributed by atoms with van der Waals surface area (Å²) in [5, 5.41) is 13.8. The Morgan fingerprint density at radius 2 is 2.12 bits per heavy atom. The topological polar surface area (TPSA) is 74.7 Å². The Kier molecular flexibility index (Phi) is 6.72. The van der Waals surface area contributed by atoms with Gasteiger partial charge in [-0.05, 0) is 38.2 Å². The van der Waals surface area contributed by atoms with Gasteiger partial charge in [0.05, 0.1) is 5.01 Å². The zero-order chi connectivity index (χ0) is 17.5. The Hall–Kier alpha value is -1.96. The first-order valence-electron chi connectivity index (χ1n) is 7.70. The van der Waals surface area contributed by atoms with Gasteiger partial charge in [0, 0.05) is 36.8 Å². The van der Waals surface area contributed by atoms with E-state index in [1.165, 1.54) is 11.8 Å². The van der Waals surface area contributed by atoms with Gasteiger partial charge in [-0.15, -0.1) is 11.3 Å². The molecule has 0 saturated carbocycles. The maximum atomic E-state index is 11.0. The van der Waals surface area contributed by atoms with Gasteiger partial charge in [-0.1, -0.05) is 0 Å². The van der Waals surface area contributed by atoms with E-state index in [0.717, 1.165) is 17.2 Å². The summed E-state index contributed by atoms with van der Waals surface area (Å²) in [4.78, 5) is 18.4. The van der Waals surface area contributed by atoms with Gasteiger partial charge < -0.3 is 15.2 Å². The molecule has 1 amide bonds. The number of aromatic nitrogens is 1. The number of hydrogen-bond donors (Lipinski definition) is 2. The monoisotopic (exact) mass is 349 g/mol. The van der Waals surface area contributed by atoms with E-state index in [9.17, 15) is 9.90 Å². The van der Waals surface area contributed by atoms with Gasteiger partial charge in [0.25, 0.3) is 0 Å². The molecule has 0 fully saturated rings. The van der Waals surface area contributed by atoms with Crippen molar-refractivity contribution in [3.05, 3.63) is 40.3 Å². The molecular formula is C17H23N3O3S. The van der Waals surface area contributed by atoms with Crippen LogP contribution in [-0.2, 0) is 11.3 Å². The van der Waals surface area contributed by atoms with Crippen molar-refractivity contribution in [2.45, 2.75) is 26.5 Å². The van der Waals surface area contributed by atoms with Crippen molar-refractivity contribution in [3.8, 4) is 5.75 Å². The van der Waals surface area contributed by atoms with Crippen LogP contribution in [0.1, 0.15) is 16.8 Å².